The first-order chi connectivity index (χ1) is 6.43. The lowest BCUT2D eigenvalue weighted by molar-refractivity contribution is 0.586. The quantitative estimate of drug-likeness (QED) is 0.662. The van der Waals surface area contributed by atoms with Crippen LogP contribution in [0.3, 0.4) is 0 Å². The van der Waals surface area contributed by atoms with Crippen molar-refractivity contribution in [3.05, 3.63) is 35.4 Å². The van der Waals surface area contributed by atoms with Crippen LogP contribution in [-0.4, -0.2) is 8.42 Å². The van der Waals surface area contributed by atoms with Gasteiger partial charge in [-0.05, 0) is 23.5 Å². The van der Waals surface area contributed by atoms with Crippen LogP contribution in [0.4, 0.5) is 0 Å². The Labute approximate surface area is 89.0 Å². The second-order valence-electron chi connectivity index (χ2n) is 4.13. The normalized spacial score (nSPS) is 10.0. The van der Waals surface area contributed by atoms with Gasteiger partial charge in [0.1, 0.15) is 0 Å². The van der Waals surface area contributed by atoms with Gasteiger partial charge in [-0.1, -0.05) is 45.0 Å². The molecule has 1 rings (SSSR count). The van der Waals surface area contributed by atoms with Gasteiger partial charge in [0.15, 0.2) is 0 Å². The molecule has 1 aromatic rings. The smallest absolute Gasteiger partial charge is 0.168 e. The molecule has 0 fully saturated rings. The fourth-order valence-electron chi connectivity index (χ4n) is 1.41. The van der Waals surface area contributed by atoms with Gasteiger partial charge in [0, 0.05) is 0 Å². The van der Waals surface area contributed by atoms with Crippen LogP contribution in [0.25, 0.3) is 0 Å². The van der Waals surface area contributed by atoms with E-state index in [1.807, 2.05) is 0 Å². The Balaban J connectivity index is 0.000000500. The molecule has 0 aromatic heterocycles. The first kappa shape index (κ1) is 13.0. The van der Waals surface area contributed by atoms with Crippen molar-refractivity contribution < 1.29 is 8.42 Å². The van der Waals surface area contributed by atoms with Crippen molar-refractivity contribution in [3.8, 4) is 0 Å². The first-order valence-corrected chi connectivity index (χ1v) is 5.08. The zero-order valence-corrected chi connectivity index (χ0v) is 9.85. The maximum atomic E-state index is 8.29. The maximum absolute atomic E-state index is 8.29. The zero-order chi connectivity index (χ0) is 11.2. The van der Waals surface area contributed by atoms with E-state index in [0.717, 1.165) is 0 Å². The molecule has 0 unspecified atom stereocenters. The van der Waals surface area contributed by atoms with Crippen LogP contribution in [0.5, 0.6) is 0 Å². The molecule has 0 saturated carbocycles. The molecular formula is C11H16O2S. The third-order valence-corrected chi connectivity index (χ3v) is 1.95. The van der Waals surface area contributed by atoms with Crippen molar-refractivity contribution in [1.82, 2.24) is 0 Å². The van der Waals surface area contributed by atoms with Crippen LogP contribution in [-0.2, 0) is 17.0 Å². The molecule has 0 atom stereocenters. The van der Waals surface area contributed by atoms with E-state index in [9.17, 15) is 0 Å². The predicted octanol–water partition coefficient (Wildman–Crippen LogP) is 2.62. The highest BCUT2D eigenvalue weighted by molar-refractivity contribution is 7.51. The van der Waals surface area contributed by atoms with Gasteiger partial charge in [-0.3, -0.25) is 0 Å². The highest BCUT2D eigenvalue weighted by atomic mass is 32.1. The highest BCUT2D eigenvalue weighted by Gasteiger charge is 2.14. The van der Waals surface area contributed by atoms with Crippen LogP contribution in [0.2, 0.25) is 0 Å². The Morgan fingerprint density at radius 2 is 1.50 bits per heavy atom. The molecule has 0 amide bonds. The minimum atomic E-state index is -0.750. The number of rotatable bonds is 0. The molecule has 0 radical (unpaired) electrons. The molecule has 0 aliphatic rings. The zero-order valence-electron chi connectivity index (χ0n) is 9.03. The fraction of sp³-hybridized carbons (Fsp3) is 0.455. The standard InChI is InChI=1S/C11H16.O2S/c1-9-7-5-6-8-10(9)11(2,3)4;1-3-2/h5-8H,1-4H3;. The lowest BCUT2D eigenvalue weighted by Crippen LogP contribution is -2.12. The second-order valence-corrected chi connectivity index (χ2v) is 4.27. The number of hydrogen-bond acceptors (Lipinski definition) is 2. The van der Waals surface area contributed by atoms with Crippen molar-refractivity contribution in [1.29, 1.82) is 0 Å². The van der Waals surface area contributed by atoms with Gasteiger partial charge >= 0.3 is 11.6 Å². The van der Waals surface area contributed by atoms with Crippen LogP contribution in [0.15, 0.2) is 24.3 Å². The Morgan fingerprint density at radius 1 is 1.07 bits per heavy atom. The first-order valence-electron chi connectivity index (χ1n) is 4.41. The molecule has 2 nitrogen and oxygen atoms in total. The minimum Gasteiger partial charge on any atom is -0.168 e. The molecule has 78 valence electrons. The third-order valence-electron chi connectivity index (χ3n) is 1.95. The molecule has 0 saturated heterocycles. The van der Waals surface area contributed by atoms with Crippen molar-refractivity contribution >= 4 is 11.6 Å². The van der Waals surface area contributed by atoms with Crippen molar-refractivity contribution in [2.75, 3.05) is 0 Å². The van der Waals surface area contributed by atoms with E-state index in [1.165, 1.54) is 11.1 Å². The van der Waals surface area contributed by atoms with Gasteiger partial charge in [0.2, 0.25) is 0 Å². The van der Waals surface area contributed by atoms with Crippen LogP contribution < -0.4 is 0 Å². The van der Waals surface area contributed by atoms with Gasteiger partial charge < -0.3 is 0 Å². The third kappa shape index (κ3) is 4.33. The summed E-state index contributed by atoms with van der Waals surface area (Å²) in [5.74, 6) is 0. The molecule has 0 spiro atoms. The van der Waals surface area contributed by atoms with E-state index >= 15 is 0 Å². The van der Waals surface area contributed by atoms with Crippen LogP contribution >= 0.6 is 0 Å². The van der Waals surface area contributed by atoms with Crippen LogP contribution in [0, 0.1) is 6.92 Å². The monoisotopic (exact) mass is 212 g/mol. The lowest BCUT2D eigenvalue weighted by Gasteiger charge is -2.21. The SMILES string of the molecule is Cc1ccccc1C(C)(C)C.O=S=O. The molecule has 0 N–H and O–H groups in total. The van der Waals surface area contributed by atoms with Crippen molar-refractivity contribution in [2.24, 2.45) is 0 Å². The molecule has 0 aliphatic carbocycles. The van der Waals surface area contributed by atoms with Crippen molar-refractivity contribution in [3.63, 3.8) is 0 Å². The second kappa shape index (κ2) is 5.70. The summed E-state index contributed by atoms with van der Waals surface area (Å²) in [6, 6.07) is 8.56. The average Bonchev–Trinajstić information content (AvgIpc) is 2.04. The predicted molar refractivity (Wildman–Crippen MR) is 58.8 cm³/mol. The molecular weight excluding hydrogens is 196 g/mol. The summed E-state index contributed by atoms with van der Waals surface area (Å²) in [6.07, 6.45) is 0. The van der Waals surface area contributed by atoms with E-state index in [-0.39, 0.29) is 5.41 Å². The summed E-state index contributed by atoms with van der Waals surface area (Å²) >= 11 is -0.750. The summed E-state index contributed by atoms with van der Waals surface area (Å²) in [4.78, 5) is 0. The maximum Gasteiger partial charge on any atom is 0.335 e. The number of hydrogen-bond donors (Lipinski definition) is 0. The van der Waals surface area contributed by atoms with E-state index in [2.05, 4.69) is 52.0 Å². The Kier molecular flexibility index (Phi) is 5.31. The van der Waals surface area contributed by atoms with Crippen molar-refractivity contribution in [2.45, 2.75) is 33.1 Å². The Morgan fingerprint density at radius 3 is 1.79 bits per heavy atom. The van der Waals surface area contributed by atoms with E-state index in [0.29, 0.717) is 0 Å². The molecule has 0 bridgehead atoms. The summed E-state index contributed by atoms with van der Waals surface area (Å²) in [6.45, 7) is 8.90. The molecule has 0 aliphatic heterocycles. The molecule has 3 heteroatoms. The molecule has 0 heterocycles. The van der Waals surface area contributed by atoms with Gasteiger partial charge in [0.05, 0.1) is 0 Å². The molecule has 1 aromatic carbocycles. The summed E-state index contributed by atoms with van der Waals surface area (Å²) in [7, 11) is 0. The summed E-state index contributed by atoms with van der Waals surface area (Å²) < 4.78 is 16.6. The average molecular weight is 212 g/mol. The Hall–Kier alpha value is -0.960. The number of benzene rings is 1. The van der Waals surface area contributed by atoms with Gasteiger partial charge in [-0.15, -0.1) is 0 Å². The van der Waals surface area contributed by atoms with Gasteiger partial charge in [-0.2, -0.15) is 8.42 Å². The largest absolute Gasteiger partial charge is 0.335 e. The van der Waals surface area contributed by atoms with Gasteiger partial charge in [-0.25, -0.2) is 0 Å². The Bertz CT molecular complexity index is 320. The van der Waals surface area contributed by atoms with E-state index in [4.69, 9.17) is 8.42 Å². The fourth-order valence-corrected chi connectivity index (χ4v) is 1.41. The van der Waals surface area contributed by atoms with E-state index < -0.39 is 11.6 Å². The topological polar surface area (TPSA) is 34.1 Å². The van der Waals surface area contributed by atoms with E-state index in [1.54, 1.807) is 0 Å². The lowest BCUT2D eigenvalue weighted by atomic mass is 9.84. The molecule has 14 heavy (non-hydrogen) atoms. The van der Waals surface area contributed by atoms with Crippen LogP contribution in [0.1, 0.15) is 31.9 Å². The minimum absolute atomic E-state index is 0.283. The summed E-state index contributed by atoms with van der Waals surface area (Å²) in [5, 5.41) is 0. The summed E-state index contributed by atoms with van der Waals surface area (Å²) in [5.41, 5.74) is 3.12. The highest BCUT2D eigenvalue weighted by Crippen LogP contribution is 2.24. The number of aryl methyl sites for hydroxylation is 1. The van der Waals surface area contributed by atoms with Gasteiger partial charge in [0.25, 0.3) is 0 Å².